The molecule has 0 heterocycles. The summed E-state index contributed by atoms with van der Waals surface area (Å²) in [5.41, 5.74) is 1.57. The molecule has 25 heavy (non-hydrogen) atoms. The Bertz CT molecular complexity index is 731. The second-order valence-corrected chi connectivity index (χ2v) is 7.58. The molecule has 134 valence electrons. The lowest BCUT2D eigenvalue weighted by Crippen LogP contribution is -2.27. The van der Waals surface area contributed by atoms with Crippen molar-refractivity contribution >= 4 is 17.7 Å². The first-order valence-electron chi connectivity index (χ1n) is 8.24. The molecule has 1 unspecified atom stereocenters. The quantitative estimate of drug-likeness (QED) is 0.728. The minimum absolute atomic E-state index is 0.0962. The minimum Gasteiger partial charge on any atom is -0.497 e. The van der Waals surface area contributed by atoms with Crippen LogP contribution in [-0.4, -0.2) is 25.4 Å². The number of methoxy groups -OCH3 is 2. The van der Waals surface area contributed by atoms with E-state index >= 15 is 0 Å². The lowest BCUT2D eigenvalue weighted by molar-refractivity contribution is 0.0936. The fraction of sp³-hybridized carbons (Fsp3) is 0.350. The van der Waals surface area contributed by atoms with Crippen LogP contribution < -0.4 is 14.8 Å². The van der Waals surface area contributed by atoms with Crippen LogP contribution in [0.4, 0.5) is 0 Å². The predicted molar refractivity (Wildman–Crippen MR) is 103 cm³/mol. The number of hydrogen-bond acceptors (Lipinski definition) is 4. The summed E-state index contributed by atoms with van der Waals surface area (Å²) in [6.07, 6.45) is 0. The Morgan fingerprint density at radius 3 is 2.40 bits per heavy atom. The highest BCUT2D eigenvalue weighted by atomic mass is 32.2. The van der Waals surface area contributed by atoms with Gasteiger partial charge in [0.1, 0.15) is 11.5 Å². The van der Waals surface area contributed by atoms with Crippen LogP contribution in [0.25, 0.3) is 0 Å². The summed E-state index contributed by atoms with van der Waals surface area (Å²) in [5, 5.41) is 3.47. The summed E-state index contributed by atoms with van der Waals surface area (Å²) in [6, 6.07) is 13.0. The molecule has 1 N–H and O–H groups in total. The van der Waals surface area contributed by atoms with Crippen LogP contribution in [0.3, 0.4) is 0 Å². The van der Waals surface area contributed by atoms with Gasteiger partial charge in [0.15, 0.2) is 0 Å². The molecular weight excluding hydrogens is 334 g/mol. The number of ether oxygens (including phenoxy) is 2. The lowest BCUT2D eigenvalue weighted by Gasteiger charge is -2.19. The van der Waals surface area contributed by atoms with E-state index in [9.17, 15) is 4.79 Å². The van der Waals surface area contributed by atoms with E-state index in [-0.39, 0.29) is 11.9 Å². The summed E-state index contributed by atoms with van der Waals surface area (Å²) >= 11 is 1.68. The Hall–Kier alpha value is -2.14. The molecule has 1 atom stereocenters. The van der Waals surface area contributed by atoms with Crippen molar-refractivity contribution in [2.24, 2.45) is 0 Å². The highest BCUT2D eigenvalue weighted by Gasteiger charge is 2.18. The van der Waals surface area contributed by atoms with E-state index in [0.717, 1.165) is 22.0 Å². The van der Waals surface area contributed by atoms with E-state index in [1.54, 1.807) is 26.0 Å². The molecule has 0 radical (unpaired) electrons. The fourth-order valence-corrected chi connectivity index (χ4v) is 3.49. The van der Waals surface area contributed by atoms with E-state index < -0.39 is 0 Å². The van der Waals surface area contributed by atoms with Gasteiger partial charge in [0, 0.05) is 15.7 Å². The van der Waals surface area contributed by atoms with Crippen molar-refractivity contribution < 1.29 is 14.3 Å². The third-order valence-electron chi connectivity index (χ3n) is 3.75. The van der Waals surface area contributed by atoms with Crippen LogP contribution >= 0.6 is 11.8 Å². The first kappa shape index (κ1) is 19.2. The second-order valence-electron chi connectivity index (χ2n) is 5.97. The molecule has 2 aromatic carbocycles. The number of benzene rings is 2. The van der Waals surface area contributed by atoms with Crippen LogP contribution in [0.1, 0.15) is 42.7 Å². The van der Waals surface area contributed by atoms with Crippen LogP contribution in [0.15, 0.2) is 47.4 Å². The highest BCUT2D eigenvalue weighted by Crippen LogP contribution is 2.30. The SMILES string of the molecule is COc1ccc(OC)c(C(C)NC(=O)c2ccccc2SC(C)C)c1. The Morgan fingerprint density at radius 2 is 1.76 bits per heavy atom. The van der Waals surface area contributed by atoms with Gasteiger partial charge in [-0.15, -0.1) is 11.8 Å². The predicted octanol–water partition coefficient (Wildman–Crippen LogP) is 4.70. The van der Waals surface area contributed by atoms with Crippen molar-refractivity contribution in [3.8, 4) is 11.5 Å². The standard InChI is InChI=1S/C20H25NO3S/c1-13(2)25-19-9-7-6-8-16(19)20(22)21-14(3)17-12-15(23-4)10-11-18(17)24-5/h6-14H,1-5H3,(H,21,22). The Balaban J connectivity index is 2.24. The molecule has 2 rings (SSSR count). The van der Waals surface area contributed by atoms with Crippen LogP contribution in [0, 0.1) is 0 Å². The first-order chi connectivity index (χ1) is 12.0. The van der Waals surface area contributed by atoms with Crippen LogP contribution in [0.5, 0.6) is 11.5 Å². The maximum absolute atomic E-state index is 12.8. The van der Waals surface area contributed by atoms with Gasteiger partial charge in [-0.05, 0) is 37.3 Å². The molecule has 1 amide bonds. The van der Waals surface area contributed by atoms with Crippen molar-refractivity contribution in [2.45, 2.75) is 37.0 Å². The molecule has 5 heteroatoms. The van der Waals surface area contributed by atoms with E-state index in [1.165, 1.54) is 0 Å². The van der Waals surface area contributed by atoms with Gasteiger partial charge in [0.25, 0.3) is 5.91 Å². The van der Waals surface area contributed by atoms with E-state index in [1.807, 2.05) is 49.4 Å². The molecule has 0 aliphatic rings. The van der Waals surface area contributed by atoms with Gasteiger partial charge in [0.05, 0.1) is 25.8 Å². The van der Waals surface area contributed by atoms with E-state index in [4.69, 9.17) is 9.47 Å². The number of hydrogen-bond donors (Lipinski definition) is 1. The van der Waals surface area contributed by atoms with Crippen LogP contribution in [-0.2, 0) is 0 Å². The maximum atomic E-state index is 12.8. The average Bonchev–Trinajstić information content (AvgIpc) is 2.60. The monoisotopic (exact) mass is 359 g/mol. The molecule has 2 aromatic rings. The van der Waals surface area contributed by atoms with E-state index in [2.05, 4.69) is 19.2 Å². The molecule has 0 aromatic heterocycles. The van der Waals surface area contributed by atoms with Crippen LogP contribution in [0.2, 0.25) is 0 Å². The third kappa shape index (κ3) is 4.92. The third-order valence-corrected chi connectivity index (χ3v) is 4.83. The fourth-order valence-electron chi connectivity index (χ4n) is 2.54. The van der Waals surface area contributed by atoms with Gasteiger partial charge in [-0.3, -0.25) is 4.79 Å². The smallest absolute Gasteiger partial charge is 0.252 e. The molecule has 0 fully saturated rings. The molecule has 0 saturated heterocycles. The number of rotatable bonds is 7. The number of thioether (sulfide) groups is 1. The summed E-state index contributed by atoms with van der Waals surface area (Å²) in [5.74, 6) is 1.35. The summed E-state index contributed by atoms with van der Waals surface area (Å²) in [6.45, 7) is 6.17. The van der Waals surface area contributed by atoms with Crippen molar-refractivity contribution in [2.75, 3.05) is 14.2 Å². The van der Waals surface area contributed by atoms with Crippen molar-refractivity contribution in [1.82, 2.24) is 5.32 Å². The average molecular weight is 359 g/mol. The van der Waals surface area contributed by atoms with Gasteiger partial charge in [0.2, 0.25) is 0 Å². The summed E-state index contributed by atoms with van der Waals surface area (Å²) < 4.78 is 10.7. The van der Waals surface area contributed by atoms with Crippen molar-refractivity contribution in [1.29, 1.82) is 0 Å². The lowest BCUT2D eigenvalue weighted by atomic mass is 10.1. The molecule has 4 nitrogen and oxygen atoms in total. The Labute approximate surface area is 153 Å². The summed E-state index contributed by atoms with van der Waals surface area (Å²) in [4.78, 5) is 13.8. The largest absolute Gasteiger partial charge is 0.497 e. The maximum Gasteiger partial charge on any atom is 0.252 e. The molecule has 0 saturated carbocycles. The Kier molecular flexibility index (Phi) is 6.76. The van der Waals surface area contributed by atoms with Crippen molar-refractivity contribution in [3.63, 3.8) is 0 Å². The van der Waals surface area contributed by atoms with Crippen molar-refractivity contribution in [3.05, 3.63) is 53.6 Å². The normalized spacial score (nSPS) is 11.9. The van der Waals surface area contributed by atoms with Gasteiger partial charge in [-0.2, -0.15) is 0 Å². The topological polar surface area (TPSA) is 47.6 Å². The number of carbonyl (C=O) groups excluding carboxylic acids is 1. The number of nitrogens with one attached hydrogen (secondary N) is 1. The number of carbonyl (C=O) groups is 1. The zero-order chi connectivity index (χ0) is 18.4. The molecule has 0 aliphatic carbocycles. The molecule has 0 bridgehead atoms. The van der Waals surface area contributed by atoms with Gasteiger partial charge < -0.3 is 14.8 Å². The number of amides is 1. The zero-order valence-electron chi connectivity index (χ0n) is 15.3. The molecule has 0 aliphatic heterocycles. The zero-order valence-corrected chi connectivity index (χ0v) is 16.1. The highest BCUT2D eigenvalue weighted by molar-refractivity contribution is 8.00. The minimum atomic E-state index is -0.213. The van der Waals surface area contributed by atoms with Gasteiger partial charge >= 0.3 is 0 Å². The first-order valence-corrected chi connectivity index (χ1v) is 9.12. The Morgan fingerprint density at radius 1 is 1.04 bits per heavy atom. The van der Waals surface area contributed by atoms with E-state index in [0.29, 0.717) is 10.8 Å². The second kappa shape index (κ2) is 8.81. The summed E-state index contributed by atoms with van der Waals surface area (Å²) in [7, 11) is 3.24. The van der Waals surface area contributed by atoms with Gasteiger partial charge in [-0.1, -0.05) is 26.0 Å². The molecular formula is C20H25NO3S. The molecule has 0 spiro atoms. The van der Waals surface area contributed by atoms with Gasteiger partial charge in [-0.25, -0.2) is 0 Å².